The van der Waals surface area contributed by atoms with Crippen LogP contribution in [0.4, 0.5) is 11.4 Å². The van der Waals surface area contributed by atoms with E-state index in [0.29, 0.717) is 15.7 Å². The number of aliphatic imine (C=N–C) groups is 2. The van der Waals surface area contributed by atoms with Gasteiger partial charge in [-0.2, -0.15) is 4.99 Å². The van der Waals surface area contributed by atoms with Crippen LogP contribution in [0.15, 0.2) is 52.4 Å². The molecule has 0 fully saturated rings. The van der Waals surface area contributed by atoms with Gasteiger partial charge in [0.25, 0.3) is 5.91 Å². The first-order chi connectivity index (χ1) is 13.8. The number of aryl methyl sites for hydroxylation is 1. The second-order valence-electron chi connectivity index (χ2n) is 6.36. The third kappa shape index (κ3) is 5.94. The van der Waals surface area contributed by atoms with E-state index in [9.17, 15) is 9.59 Å². The van der Waals surface area contributed by atoms with Gasteiger partial charge >= 0.3 is 0 Å². The Morgan fingerprint density at radius 2 is 1.79 bits per heavy atom. The molecule has 0 saturated carbocycles. The summed E-state index contributed by atoms with van der Waals surface area (Å²) >= 11 is 11.8. The maximum atomic E-state index is 12.2. The molecule has 10 heteroatoms. The van der Waals surface area contributed by atoms with Gasteiger partial charge in [0.2, 0.25) is 17.8 Å². The Kier molecular flexibility index (Phi) is 6.36. The van der Waals surface area contributed by atoms with Crippen LogP contribution in [0.1, 0.15) is 12.0 Å². The monoisotopic (exact) mass is 432 g/mol. The summed E-state index contributed by atoms with van der Waals surface area (Å²) in [6.07, 6.45) is -0.166. The number of amides is 2. The Hall–Kier alpha value is -3.10. The number of hydrogen-bond donors (Lipinski definition) is 4. The highest BCUT2D eigenvalue weighted by atomic mass is 35.5. The van der Waals surface area contributed by atoms with Gasteiger partial charge in [0, 0.05) is 21.4 Å². The van der Waals surface area contributed by atoms with Crippen molar-refractivity contribution in [1.29, 1.82) is 0 Å². The van der Waals surface area contributed by atoms with E-state index in [1.165, 1.54) is 0 Å². The summed E-state index contributed by atoms with van der Waals surface area (Å²) in [6, 6.07) is 11.3. The number of benzene rings is 2. The lowest BCUT2D eigenvalue weighted by Gasteiger charge is -2.07. The molecular formula is C19H18Cl2N6O2. The van der Waals surface area contributed by atoms with Crippen molar-refractivity contribution in [2.75, 3.05) is 10.6 Å². The summed E-state index contributed by atoms with van der Waals surface area (Å²) in [6.45, 7) is 1.97. The van der Waals surface area contributed by atoms with Crippen LogP contribution in [0.2, 0.25) is 10.0 Å². The van der Waals surface area contributed by atoms with E-state index in [1.54, 1.807) is 18.2 Å². The van der Waals surface area contributed by atoms with Crippen LogP contribution in [0.5, 0.6) is 0 Å². The molecular weight excluding hydrogens is 415 g/mol. The number of nitrogens with zero attached hydrogens (tertiary/aromatic N) is 2. The first-order valence-corrected chi connectivity index (χ1v) is 9.36. The van der Waals surface area contributed by atoms with Crippen LogP contribution < -0.4 is 21.7 Å². The number of carbonyl (C=O) groups is 2. The highest BCUT2D eigenvalue weighted by molar-refractivity contribution is 6.35. The zero-order valence-electron chi connectivity index (χ0n) is 15.4. The highest BCUT2D eigenvalue weighted by Gasteiger charge is 2.28. The second-order valence-corrected chi connectivity index (χ2v) is 7.23. The summed E-state index contributed by atoms with van der Waals surface area (Å²) in [5.41, 5.74) is 8.14. The van der Waals surface area contributed by atoms with E-state index in [-0.39, 0.29) is 18.3 Å². The van der Waals surface area contributed by atoms with Crippen molar-refractivity contribution >= 4 is 58.3 Å². The molecule has 0 aliphatic carbocycles. The number of halogens is 2. The fraction of sp³-hybridized carbons (Fsp3) is 0.158. The van der Waals surface area contributed by atoms with E-state index in [1.807, 2.05) is 31.2 Å². The summed E-state index contributed by atoms with van der Waals surface area (Å²) in [5.74, 6) is -0.753. The predicted octanol–water partition coefficient (Wildman–Crippen LogP) is 2.91. The minimum Gasteiger partial charge on any atom is -0.369 e. The van der Waals surface area contributed by atoms with E-state index < -0.39 is 17.9 Å². The average Bonchev–Trinajstić information content (AvgIpc) is 2.94. The van der Waals surface area contributed by atoms with Gasteiger partial charge in [0.1, 0.15) is 6.04 Å². The molecule has 1 aliphatic heterocycles. The number of rotatable bonds is 4. The zero-order valence-corrected chi connectivity index (χ0v) is 16.9. The molecule has 3 rings (SSSR count). The van der Waals surface area contributed by atoms with Gasteiger partial charge in [-0.05, 0) is 37.3 Å². The average molecular weight is 433 g/mol. The smallest absolute Gasteiger partial charge is 0.252 e. The lowest BCUT2D eigenvalue weighted by atomic mass is 10.2. The minimum absolute atomic E-state index is 0.0377. The third-order valence-corrected chi connectivity index (χ3v) is 4.33. The first kappa shape index (κ1) is 20.6. The van der Waals surface area contributed by atoms with Crippen molar-refractivity contribution in [3.8, 4) is 0 Å². The summed E-state index contributed by atoms with van der Waals surface area (Å²) in [4.78, 5) is 32.5. The molecule has 29 heavy (non-hydrogen) atoms. The van der Waals surface area contributed by atoms with Crippen molar-refractivity contribution in [2.24, 2.45) is 15.7 Å². The van der Waals surface area contributed by atoms with Gasteiger partial charge in [-0.3, -0.25) is 14.9 Å². The van der Waals surface area contributed by atoms with E-state index >= 15 is 0 Å². The molecule has 0 saturated heterocycles. The maximum Gasteiger partial charge on any atom is 0.252 e. The highest BCUT2D eigenvalue weighted by Crippen LogP contribution is 2.22. The normalized spacial score (nSPS) is 16.2. The van der Waals surface area contributed by atoms with Crippen LogP contribution in [0.3, 0.4) is 0 Å². The number of nitrogens with one attached hydrogen (secondary N) is 3. The van der Waals surface area contributed by atoms with Gasteiger partial charge < -0.3 is 16.4 Å². The molecule has 0 spiro atoms. The minimum atomic E-state index is -0.907. The Bertz CT molecular complexity index is 984. The van der Waals surface area contributed by atoms with Gasteiger partial charge in [-0.15, -0.1) is 0 Å². The fourth-order valence-corrected chi connectivity index (χ4v) is 3.09. The van der Waals surface area contributed by atoms with Crippen LogP contribution in [0.25, 0.3) is 0 Å². The molecule has 8 nitrogen and oxygen atoms in total. The Morgan fingerprint density at radius 3 is 2.45 bits per heavy atom. The zero-order chi connectivity index (χ0) is 21.0. The van der Waals surface area contributed by atoms with Crippen LogP contribution in [0, 0.1) is 6.92 Å². The molecule has 2 aromatic carbocycles. The van der Waals surface area contributed by atoms with Crippen molar-refractivity contribution in [1.82, 2.24) is 5.32 Å². The Balaban J connectivity index is 1.61. The van der Waals surface area contributed by atoms with Gasteiger partial charge in [0.05, 0.1) is 6.42 Å². The van der Waals surface area contributed by atoms with Gasteiger partial charge in [-0.1, -0.05) is 40.9 Å². The van der Waals surface area contributed by atoms with E-state index in [4.69, 9.17) is 28.9 Å². The number of anilines is 2. The van der Waals surface area contributed by atoms with Crippen LogP contribution >= 0.6 is 23.2 Å². The molecule has 150 valence electrons. The Morgan fingerprint density at radius 1 is 1.14 bits per heavy atom. The van der Waals surface area contributed by atoms with Crippen molar-refractivity contribution in [2.45, 2.75) is 19.4 Å². The third-order valence-electron chi connectivity index (χ3n) is 3.89. The number of hydrogen-bond acceptors (Lipinski definition) is 4. The summed E-state index contributed by atoms with van der Waals surface area (Å²) in [7, 11) is 0. The lowest BCUT2D eigenvalue weighted by molar-refractivity contribution is -0.123. The van der Waals surface area contributed by atoms with E-state index in [2.05, 4.69) is 25.9 Å². The molecule has 5 N–H and O–H groups in total. The molecule has 1 atom stereocenters. The van der Waals surface area contributed by atoms with Crippen LogP contribution in [-0.4, -0.2) is 29.8 Å². The lowest BCUT2D eigenvalue weighted by Crippen LogP contribution is -2.32. The number of guanidine groups is 2. The number of nitrogens with two attached hydrogens (primary N) is 1. The molecule has 2 aromatic rings. The molecule has 1 heterocycles. The molecule has 1 aliphatic rings. The van der Waals surface area contributed by atoms with Gasteiger partial charge in [-0.25, -0.2) is 4.99 Å². The standard InChI is InChI=1S/C19H18Cl2N6O2/c1-10-2-4-13(5-3-10)24-18(22)27-19-25-15(17(29)26-19)9-16(28)23-14-7-11(20)6-12(21)8-14/h2-8,15H,9H2,1H3,(H,23,28)(H4,22,24,25,26,27,29)/t15-/m0/s1. The quantitative estimate of drug-likeness (QED) is 0.438. The van der Waals surface area contributed by atoms with Gasteiger partial charge in [0.15, 0.2) is 0 Å². The molecule has 0 radical (unpaired) electrons. The molecule has 2 amide bonds. The SMILES string of the molecule is Cc1ccc(NC(N)=NC2=N[C@@H](CC(=O)Nc3cc(Cl)cc(Cl)c3)C(=O)N2)cc1. The van der Waals surface area contributed by atoms with Crippen molar-refractivity contribution in [3.05, 3.63) is 58.1 Å². The van der Waals surface area contributed by atoms with Crippen molar-refractivity contribution < 1.29 is 9.59 Å². The molecule has 0 aromatic heterocycles. The summed E-state index contributed by atoms with van der Waals surface area (Å²) in [5, 5.41) is 8.81. The first-order valence-electron chi connectivity index (χ1n) is 8.61. The Labute approximate surface area is 177 Å². The second kappa shape index (κ2) is 8.93. The van der Waals surface area contributed by atoms with Crippen LogP contribution in [-0.2, 0) is 9.59 Å². The maximum absolute atomic E-state index is 12.2. The largest absolute Gasteiger partial charge is 0.369 e. The molecule has 0 unspecified atom stereocenters. The topological polar surface area (TPSA) is 121 Å². The summed E-state index contributed by atoms with van der Waals surface area (Å²) < 4.78 is 0. The number of carbonyl (C=O) groups excluding carboxylic acids is 2. The van der Waals surface area contributed by atoms with Crippen molar-refractivity contribution in [3.63, 3.8) is 0 Å². The molecule has 0 bridgehead atoms. The van der Waals surface area contributed by atoms with E-state index in [0.717, 1.165) is 11.3 Å². The predicted molar refractivity (Wildman–Crippen MR) is 115 cm³/mol. The fourth-order valence-electron chi connectivity index (χ4n) is 2.57.